The largest absolute Gasteiger partial charge is 0.394 e. The summed E-state index contributed by atoms with van der Waals surface area (Å²) in [6, 6.07) is 4.91. The number of benzene rings is 1. The maximum absolute atomic E-state index is 13.3. The van der Waals surface area contributed by atoms with Crippen molar-refractivity contribution in [2.24, 2.45) is 7.05 Å². The zero-order valence-corrected chi connectivity index (χ0v) is 15.1. The molecule has 0 saturated heterocycles. The van der Waals surface area contributed by atoms with Gasteiger partial charge in [-0.1, -0.05) is 19.9 Å². The molecule has 0 atom stereocenters. The van der Waals surface area contributed by atoms with Gasteiger partial charge in [0.2, 0.25) is 0 Å². The molecule has 1 N–H and O–H groups in total. The molecule has 0 unspecified atom stereocenters. The molecule has 0 radical (unpaired) electrons. The van der Waals surface area contributed by atoms with Crippen molar-refractivity contribution in [1.82, 2.24) is 9.55 Å². The highest BCUT2D eigenvalue weighted by Gasteiger charge is 2.30. The predicted octanol–water partition coefficient (Wildman–Crippen LogP) is 1.96. The van der Waals surface area contributed by atoms with Gasteiger partial charge in [-0.15, -0.1) is 0 Å². The minimum absolute atomic E-state index is 0.0479. The monoisotopic (exact) mass is 372 g/mol. The third-order valence-electron chi connectivity index (χ3n) is 3.41. The Kier molecular flexibility index (Phi) is 6.15. The highest BCUT2D eigenvalue weighted by molar-refractivity contribution is 7.87. The Balaban J connectivity index is 2.41. The van der Waals surface area contributed by atoms with Crippen LogP contribution in [0.4, 0.5) is 4.39 Å². The third-order valence-corrected chi connectivity index (χ3v) is 4.78. The van der Waals surface area contributed by atoms with Crippen molar-refractivity contribution in [2.45, 2.75) is 31.4 Å². The topological polar surface area (TPSA) is 90.6 Å². The van der Waals surface area contributed by atoms with E-state index < -0.39 is 15.9 Å². The van der Waals surface area contributed by atoms with E-state index in [9.17, 15) is 12.8 Å². The highest BCUT2D eigenvalue weighted by atomic mass is 32.2. The molecule has 25 heavy (non-hydrogen) atoms. The molecular weight excluding hydrogens is 351 g/mol. The minimum Gasteiger partial charge on any atom is -0.394 e. The summed E-state index contributed by atoms with van der Waals surface area (Å²) in [5.41, 5.74) is 0.335. The second kappa shape index (κ2) is 7.94. The Hall–Kier alpha value is -1.97. The van der Waals surface area contributed by atoms with E-state index in [2.05, 4.69) is 4.98 Å². The van der Waals surface area contributed by atoms with E-state index in [-0.39, 0.29) is 36.5 Å². The average molecular weight is 372 g/mol. The Morgan fingerprint density at radius 3 is 2.68 bits per heavy atom. The van der Waals surface area contributed by atoms with Crippen LogP contribution in [0.1, 0.15) is 31.3 Å². The first kappa shape index (κ1) is 19.4. The van der Waals surface area contributed by atoms with Crippen LogP contribution in [0.2, 0.25) is 0 Å². The fourth-order valence-electron chi connectivity index (χ4n) is 2.26. The lowest BCUT2D eigenvalue weighted by Crippen LogP contribution is -2.17. The summed E-state index contributed by atoms with van der Waals surface area (Å²) in [7, 11) is -2.68. The first-order chi connectivity index (χ1) is 11.8. The van der Waals surface area contributed by atoms with Crippen molar-refractivity contribution < 1.29 is 26.8 Å². The van der Waals surface area contributed by atoms with Gasteiger partial charge in [-0.2, -0.15) is 8.42 Å². The van der Waals surface area contributed by atoms with Gasteiger partial charge in [-0.05, 0) is 18.1 Å². The first-order valence-corrected chi connectivity index (χ1v) is 9.11. The lowest BCUT2D eigenvalue weighted by molar-refractivity contribution is 0.0761. The molecule has 1 aromatic heterocycles. The molecule has 0 amide bonds. The van der Waals surface area contributed by atoms with Crippen LogP contribution in [0.5, 0.6) is 5.75 Å². The molecule has 0 spiro atoms. The molecule has 2 rings (SSSR count). The van der Waals surface area contributed by atoms with E-state index in [1.807, 2.05) is 13.8 Å². The smallest absolute Gasteiger partial charge is 0.356 e. The fraction of sp³-hybridized carbons (Fsp3) is 0.438. The van der Waals surface area contributed by atoms with Crippen LogP contribution in [0.15, 0.2) is 29.3 Å². The van der Waals surface area contributed by atoms with E-state index in [1.165, 1.54) is 22.8 Å². The van der Waals surface area contributed by atoms with Gasteiger partial charge in [0, 0.05) is 13.1 Å². The Labute approximate surface area is 146 Å². The van der Waals surface area contributed by atoms with Gasteiger partial charge in [-0.3, -0.25) is 0 Å². The lowest BCUT2D eigenvalue weighted by atomic mass is 10.2. The molecular formula is C16H21FN2O5S. The average Bonchev–Trinajstić information content (AvgIpc) is 2.85. The number of aliphatic hydroxyl groups is 1. The molecule has 0 fully saturated rings. The second-order valence-electron chi connectivity index (χ2n) is 5.70. The fourth-order valence-corrected chi connectivity index (χ4v) is 3.68. The van der Waals surface area contributed by atoms with E-state index in [1.54, 1.807) is 7.05 Å². The molecule has 0 aliphatic rings. The van der Waals surface area contributed by atoms with E-state index in [0.717, 1.165) is 6.07 Å². The van der Waals surface area contributed by atoms with Crippen LogP contribution in [0.25, 0.3) is 0 Å². The molecule has 0 bridgehead atoms. The third kappa shape index (κ3) is 4.56. The molecule has 9 heteroatoms. The lowest BCUT2D eigenvalue weighted by Gasteiger charge is -2.11. The van der Waals surface area contributed by atoms with Crippen molar-refractivity contribution in [3.05, 3.63) is 41.6 Å². The maximum Gasteiger partial charge on any atom is 0.356 e. The summed E-state index contributed by atoms with van der Waals surface area (Å²) < 4.78 is 50.4. The number of nitrogens with zero attached hydrogens (tertiary/aromatic N) is 2. The van der Waals surface area contributed by atoms with Crippen LogP contribution in [-0.2, 0) is 28.5 Å². The zero-order chi connectivity index (χ0) is 18.6. The van der Waals surface area contributed by atoms with Crippen molar-refractivity contribution in [3.8, 4) is 5.75 Å². The Morgan fingerprint density at radius 2 is 2.08 bits per heavy atom. The number of hydrogen-bond acceptors (Lipinski definition) is 6. The molecule has 138 valence electrons. The highest BCUT2D eigenvalue weighted by Crippen LogP contribution is 2.27. The van der Waals surface area contributed by atoms with Crippen LogP contribution < -0.4 is 4.18 Å². The van der Waals surface area contributed by atoms with Crippen molar-refractivity contribution >= 4 is 10.1 Å². The molecule has 7 nitrogen and oxygen atoms in total. The summed E-state index contributed by atoms with van der Waals surface area (Å²) in [6.45, 7) is 3.64. The van der Waals surface area contributed by atoms with Crippen LogP contribution >= 0.6 is 0 Å². The number of halogens is 1. The molecule has 1 aromatic carbocycles. The minimum atomic E-state index is -4.22. The number of aromatic nitrogens is 2. The van der Waals surface area contributed by atoms with Gasteiger partial charge < -0.3 is 18.6 Å². The van der Waals surface area contributed by atoms with Crippen molar-refractivity contribution in [3.63, 3.8) is 0 Å². The van der Waals surface area contributed by atoms with E-state index in [0.29, 0.717) is 11.5 Å². The number of ether oxygens (including phenoxy) is 1. The zero-order valence-electron chi connectivity index (χ0n) is 14.3. The van der Waals surface area contributed by atoms with Gasteiger partial charge >= 0.3 is 10.1 Å². The SMILES string of the molecule is CC(C)c1nc(COCCO)n(C)c1S(=O)(=O)Oc1cccc(F)c1. The summed E-state index contributed by atoms with van der Waals surface area (Å²) in [5, 5.41) is 8.68. The normalized spacial score (nSPS) is 11.9. The Bertz CT molecular complexity index is 833. The maximum atomic E-state index is 13.3. The molecule has 0 aliphatic heterocycles. The van der Waals surface area contributed by atoms with Crippen molar-refractivity contribution in [2.75, 3.05) is 13.2 Å². The number of hydrogen-bond donors (Lipinski definition) is 1. The first-order valence-electron chi connectivity index (χ1n) is 7.70. The van der Waals surface area contributed by atoms with Crippen LogP contribution in [0.3, 0.4) is 0 Å². The van der Waals surface area contributed by atoms with Crippen molar-refractivity contribution in [1.29, 1.82) is 0 Å². The van der Waals surface area contributed by atoms with Crippen LogP contribution in [-0.4, -0.2) is 36.3 Å². The summed E-state index contributed by atoms with van der Waals surface area (Å²) >= 11 is 0. The molecule has 0 saturated carbocycles. The molecule has 2 aromatic rings. The van der Waals surface area contributed by atoms with Crippen LogP contribution in [0, 0.1) is 5.82 Å². The van der Waals surface area contributed by atoms with Gasteiger partial charge in [0.1, 0.15) is 24.0 Å². The van der Waals surface area contributed by atoms with Gasteiger partial charge in [0.15, 0.2) is 5.03 Å². The molecule has 0 aliphatic carbocycles. The number of aliphatic hydroxyl groups excluding tert-OH is 1. The number of rotatable bonds is 8. The standard InChI is InChI=1S/C16H21FN2O5S/c1-11(2)15-16(19(3)14(18-15)10-23-8-7-20)25(21,22)24-13-6-4-5-12(17)9-13/h4-6,9,11,20H,7-8,10H2,1-3H3. The summed E-state index contributed by atoms with van der Waals surface area (Å²) in [4.78, 5) is 4.33. The quantitative estimate of drug-likeness (QED) is 0.563. The number of imidazole rings is 1. The van der Waals surface area contributed by atoms with E-state index >= 15 is 0 Å². The van der Waals surface area contributed by atoms with Gasteiger partial charge in [0.05, 0.1) is 18.9 Å². The Morgan fingerprint density at radius 1 is 1.36 bits per heavy atom. The van der Waals surface area contributed by atoms with E-state index in [4.69, 9.17) is 14.0 Å². The molecule has 1 heterocycles. The second-order valence-corrected chi connectivity index (χ2v) is 7.16. The van der Waals surface area contributed by atoms with Gasteiger partial charge in [-0.25, -0.2) is 9.37 Å². The summed E-state index contributed by atoms with van der Waals surface area (Å²) in [5.74, 6) is -0.508. The predicted molar refractivity (Wildman–Crippen MR) is 88.3 cm³/mol. The van der Waals surface area contributed by atoms with Gasteiger partial charge in [0.25, 0.3) is 0 Å². The summed E-state index contributed by atoms with van der Waals surface area (Å²) in [6.07, 6.45) is 0.